The minimum atomic E-state index is -0.764. The van der Waals surface area contributed by atoms with E-state index in [1.165, 1.54) is 0 Å². The van der Waals surface area contributed by atoms with E-state index >= 15 is 0 Å². The van der Waals surface area contributed by atoms with Crippen molar-refractivity contribution < 1.29 is 42.7 Å². The van der Waals surface area contributed by atoms with Gasteiger partial charge in [0.1, 0.15) is 24.4 Å². The molecular formula is C44H55NO9. The molecule has 0 aliphatic carbocycles. The first-order valence-corrected chi connectivity index (χ1v) is 18.8. The quantitative estimate of drug-likeness (QED) is 0.0601. The van der Waals surface area contributed by atoms with E-state index in [0.717, 1.165) is 35.1 Å². The fourth-order valence-electron chi connectivity index (χ4n) is 6.19. The van der Waals surface area contributed by atoms with Crippen molar-refractivity contribution in [1.29, 1.82) is 0 Å². The van der Waals surface area contributed by atoms with E-state index in [0.29, 0.717) is 52.4 Å². The molecular weight excluding hydrogens is 686 g/mol. The highest BCUT2D eigenvalue weighted by Crippen LogP contribution is 2.32. The fourth-order valence-corrected chi connectivity index (χ4v) is 6.19. The maximum absolute atomic E-state index is 12.4. The lowest BCUT2D eigenvalue weighted by molar-refractivity contribution is -0.328. The van der Waals surface area contributed by atoms with Gasteiger partial charge in [0.15, 0.2) is 12.6 Å². The first kappa shape index (κ1) is 41.2. The van der Waals surface area contributed by atoms with Crippen LogP contribution in [0.15, 0.2) is 121 Å². The number of unbranched alkanes of at least 4 members (excludes halogenated alkanes) is 2. The van der Waals surface area contributed by atoms with Crippen LogP contribution in [0.25, 0.3) is 0 Å². The molecule has 54 heavy (non-hydrogen) atoms. The predicted molar refractivity (Wildman–Crippen MR) is 205 cm³/mol. The lowest BCUT2D eigenvalue weighted by Crippen LogP contribution is -2.61. The van der Waals surface area contributed by atoms with Crippen molar-refractivity contribution in [3.63, 3.8) is 0 Å². The second-order valence-electron chi connectivity index (χ2n) is 13.2. The van der Waals surface area contributed by atoms with Gasteiger partial charge in [0.25, 0.3) is 0 Å². The molecule has 10 heteroatoms. The summed E-state index contributed by atoms with van der Waals surface area (Å²) in [6.07, 6.45) is -0.831. The third kappa shape index (κ3) is 14.0. The smallest absolute Gasteiger partial charge is 0.220 e. The van der Waals surface area contributed by atoms with Crippen molar-refractivity contribution in [1.82, 2.24) is 5.32 Å². The second-order valence-corrected chi connectivity index (χ2v) is 13.2. The zero-order valence-corrected chi connectivity index (χ0v) is 31.5. The van der Waals surface area contributed by atoms with Gasteiger partial charge in [-0.3, -0.25) is 4.79 Å². The Labute approximate surface area is 320 Å². The first-order valence-electron chi connectivity index (χ1n) is 18.8. The summed E-state index contributed by atoms with van der Waals surface area (Å²) >= 11 is 0. The molecule has 0 bridgehead atoms. The lowest BCUT2D eigenvalue weighted by atomic mass is 9.97. The molecule has 1 N–H and O–H groups in total. The third-order valence-corrected chi connectivity index (χ3v) is 9.16. The molecule has 10 nitrogen and oxygen atoms in total. The number of ether oxygens (including phenoxy) is 8. The van der Waals surface area contributed by atoms with Crippen molar-refractivity contribution in [3.05, 3.63) is 144 Å². The van der Waals surface area contributed by atoms with Gasteiger partial charge in [0, 0.05) is 27.2 Å². The summed E-state index contributed by atoms with van der Waals surface area (Å²) in [6.45, 7) is 2.44. The number of carbonyl (C=O) groups excluding carboxylic acids is 1. The van der Waals surface area contributed by atoms with Gasteiger partial charge in [-0.1, -0.05) is 128 Å². The van der Waals surface area contributed by atoms with Crippen LogP contribution in [0.4, 0.5) is 0 Å². The molecule has 4 aromatic rings. The predicted octanol–water partition coefficient (Wildman–Crippen LogP) is 7.00. The molecule has 0 saturated carbocycles. The summed E-state index contributed by atoms with van der Waals surface area (Å²) in [6, 6.07) is 40.2. The van der Waals surface area contributed by atoms with Gasteiger partial charge in [-0.2, -0.15) is 0 Å². The minimum Gasteiger partial charge on any atom is -0.374 e. The van der Waals surface area contributed by atoms with Gasteiger partial charge in [-0.05, 0) is 35.1 Å². The van der Waals surface area contributed by atoms with Crippen LogP contribution in [-0.4, -0.2) is 76.9 Å². The van der Waals surface area contributed by atoms with Crippen LogP contribution < -0.4 is 5.32 Å². The van der Waals surface area contributed by atoms with Gasteiger partial charge in [-0.25, -0.2) is 0 Å². The van der Waals surface area contributed by atoms with Crippen molar-refractivity contribution >= 4 is 5.91 Å². The number of nitrogens with one attached hydrogen (secondary N) is 1. The van der Waals surface area contributed by atoms with Crippen LogP contribution in [0.3, 0.4) is 0 Å². The van der Waals surface area contributed by atoms with Crippen LogP contribution in [-0.2, 0) is 69.1 Å². The molecule has 1 heterocycles. The van der Waals surface area contributed by atoms with Crippen LogP contribution in [0.1, 0.15) is 47.9 Å². The zero-order chi connectivity index (χ0) is 37.6. The van der Waals surface area contributed by atoms with Crippen molar-refractivity contribution in [2.24, 2.45) is 0 Å². The largest absolute Gasteiger partial charge is 0.374 e. The average molecular weight is 742 g/mol. The van der Waals surface area contributed by atoms with E-state index in [1.54, 1.807) is 14.2 Å². The summed E-state index contributed by atoms with van der Waals surface area (Å²) in [5, 5.41) is 2.85. The SMILES string of the molecule is COC(CNC(=O)CCCCCO[C@@H]1O[C@H](COCc2ccccc2)[C@@H](OCc2ccccc2)[C@H](OCc2ccccc2)[C@H]1OCc1ccccc1)OC. The van der Waals surface area contributed by atoms with Crippen LogP contribution >= 0.6 is 0 Å². The highest BCUT2D eigenvalue weighted by molar-refractivity contribution is 5.75. The Hall–Kier alpha value is -3.97. The molecule has 1 aliphatic heterocycles. The minimum absolute atomic E-state index is 0.0432. The highest BCUT2D eigenvalue weighted by atomic mass is 16.7. The summed E-state index contributed by atoms with van der Waals surface area (Å²) in [5.74, 6) is -0.0432. The van der Waals surface area contributed by atoms with Gasteiger partial charge in [-0.15, -0.1) is 0 Å². The topological polar surface area (TPSA) is 103 Å². The fraction of sp³-hybridized carbons (Fsp3) is 0.432. The molecule has 0 spiro atoms. The maximum atomic E-state index is 12.4. The van der Waals surface area contributed by atoms with Crippen LogP contribution in [0.2, 0.25) is 0 Å². The average Bonchev–Trinajstić information content (AvgIpc) is 3.22. The Kier molecular flexibility index (Phi) is 18.1. The Morgan fingerprint density at radius 3 is 1.59 bits per heavy atom. The van der Waals surface area contributed by atoms with E-state index < -0.39 is 37.0 Å². The molecule has 4 aromatic carbocycles. The molecule has 0 aromatic heterocycles. The number of hydrogen-bond donors (Lipinski definition) is 1. The van der Waals surface area contributed by atoms with E-state index in [2.05, 4.69) is 5.32 Å². The van der Waals surface area contributed by atoms with E-state index in [1.807, 2.05) is 121 Å². The van der Waals surface area contributed by atoms with E-state index in [9.17, 15) is 4.79 Å². The Morgan fingerprint density at radius 2 is 1.07 bits per heavy atom. The first-order chi connectivity index (χ1) is 26.6. The lowest BCUT2D eigenvalue weighted by Gasteiger charge is -2.46. The molecule has 1 saturated heterocycles. The Bertz CT molecular complexity index is 1560. The third-order valence-electron chi connectivity index (χ3n) is 9.16. The summed E-state index contributed by atoms with van der Waals surface area (Å²) < 4.78 is 50.1. The van der Waals surface area contributed by atoms with Gasteiger partial charge in [0.05, 0.1) is 39.6 Å². The molecule has 0 radical (unpaired) electrons. The maximum Gasteiger partial charge on any atom is 0.220 e. The molecule has 0 unspecified atom stereocenters. The van der Waals surface area contributed by atoms with Crippen LogP contribution in [0.5, 0.6) is 0 Å². The summed E-state index contributed by atoms with van der Waals surface area (Å²) in [4.78, 5) is 12.4. The molecule has 5 atom stereocenters. The van der Waals surface area contributed by atoms with E-state index in [-0.39, 0.29) is 12.5 Å². The Morgan fingerprint density at radius 1 is 0.593 bits per heavy atom. The number of rotatable bonds is 24. The van der Waals surface area contributed by atoms with Gasteiger partial charge >= 0.3 is 0 Å². The monoisotopic (exact) mass is 741 g/mol. The highest BCUT2D eigenvalue weighted by Gasteiger charge is 2.49. The van der Waals surface area contributed by atoms with Crippen molar-refractivity contribution in [2.45, 2.75) is 89.1 Å². The van der Waals surface area contributed by atoms with Gasteiger partial charge < -0.3 is 43.2 Å². The number of benzene rings is 4. The summed E-state index contributed by atoms with van der Waals surface area (Å²) in [7, 11) is 3.09. The number of carbonyl (C=O) groups is 1. The van der Waals surface area contributed by atoms with Crippen LogP contribution in [0, 0.1) is 0 Å². The molecule has 290 valence electrons. The second kappa shape index (κ2) is 23.7. The summed E-state index contributed by atoms with van der Waals surface area (Å²) in [5.41, 5.74) is 4.16. The number of hydrogen-bond acceptors (Lipinski definition) is 9. The van der Waals surface area contributed by atoms with E-state index in [4.69, 9.17) is 37.9 Å². The molecule has 1 amide bonds. The normalized spacial score (nSPS) is 19.9. The van der Waals surface area contributed by atoms with Crippen molar-refractivity contribution in [2.75, 3.05) is 34.0 Å². The molecule has 1 fully saturated rings. The number of methoxy groups -OCH3 is 2. The number of amides is 1. The van der Waals surface area contributed by atoms with Gasteiger partial charge in [0.2, 0.25) is 5.91 Å². The Balaban J connectivity index is 1.32. The standard InChI is InChI=1S/C44H55NO9/c1-47-40(48-2)28-45-39(46)26-16-7-17-27-50-44-43(53-32-37-24-14-6-15-25-37)42(52-31-36-22-12-5-13-23-36)41(51-30-35-20-10-4-11-21-35)38(54-44)33-49-29-34-18-8-3-9-19-34/h3-6,8-15,18-25,38,40-44H,7,16-17,26-33H2,1-2H3,(H,45,46)/t38-,41-,42+,43-,44-/m1/s1. The van der Waals surface area contributed by atoms with Crippen molar-refractivity contribution in [3.8, 4) is 0 Å². The molecule has 5 rings (SSSR count). The molecule has 1 aliphatic rings. The zero-order valence-electron chi connectivity index (χ0n) is 31.5.